The van der Waals surface area contributed by atoms with Crippen molar-refractivity contribution in [3.05, 3.63) is 18.2 Å². The molecule has 1 aliphatic heterocycles. The molecule has 0 bridgehead atoms. The molecule has 2 atom stereocenters. The number of aryl methyl sites for hydroxylation is 1. The molecule has 0 saturated carbocycles. The molecule has 0 spiro atoms. The smallest absolute Gasteiger partial charge is 0.125 e. The van der Waals surface area contributed by atoms with Crippen LogP contribution in [0.3, 0.4) is 0 Å². The minimum Gasteiger partial charge on any atom is -0.381 e. The average molecular weight is 237 g/mol. The van der Waals surface area contributed by atoms with Gasteiger partial charge in [-0.05, 0) is 32.2 Å². The van der Waals surface area contributed by atoms with Crippen LogP contribution in [0, 0.1) is 5.92 Å². The van der Waals surface area contributed by atoms with Gasteiger partial charge >= 0.3 is 0 Å². The van der Waals surface area contributed by atoms with Crippen LogP contribution in [0.25, 0.3) is 0 Å². The maximum Gasteiger partial charge on any atom is 0.125 e. The van der Waals surface area contributed by atoms with Gasteiger partial charge in [-0.15, -0.1) is 0 Å². The Morgan fingerprint density at radius 3 is 3.12 bits per heavy atom. The van der Waals surface area contributed by atoms with Crippen LogP contribution in [-0.2, 0) is 11.3 Å². The van der Waals surface area contributed by atoms with Crippen molar-refractivity contribution in [2.75, 3.05) is 19.8 Å². The lowest BCUT2D eigenvalue weighted by Gasteiger charge is -2.21. The Morgan fingerprint density at radius 2 is 2.47 bits per heavy atom. The third-order valence-corrected chi connectivity index (χ3v) is 3.44. The first-order valence-corrected chi connectivity index (χ1v) is 6.67. The van der Waals surface area contributed by atoms with E-state index in [-0.39, 0.29) is 0 Å². The highest BCUT2D eigenvalue weighted by molar-refractivity contribution is 5.00. The number of hydrogen-bond acceptors (Lipinski definition) is 3. The zero-order chi connectivity index (χ0) is 12.1. The summed E-state index contributed by atoms with van der Waals surface area (Å²) >= 11 is 0. The number of aromatic nitrogens is 2. The highest BCUT2D eigenvalue weighted by Gasteiger charge is 2.23. The Kier molecular flexibility index (Phi) is 4.57. The van der Waals surface area contributed by atoms with Crippen LogP contribution < -0.4 is 5.32 Å². The van der Waals surface area contributed by atoms with Gasteiger partial charge in [0.05, 0.1) is 6.04 Å². The first kappa shape index (κ1) is 12.6. The second-order valence-electron chi connectivity index (χ2n) is 4.65. The lowest BCUT2D eigenvalue weighted by molar-refractivity contribution is 0.181. The van der Waals surface area contributed by atoms with Crippen molar-refractivity contribution < 1.29 is 4.74 Å². The summed E-state index contributed by atoms with van der Waals surface area (Å²) in [5.74, 6) is 1.85. The molecule has 1 aromatic heterocycles. The van der Waals surface area contributed by atoms with Gasteiger partial charge in [-0.3, -0.25) is 0 Å². The summed E-state index contributed by atoms with van der Waals surface area (Å²) in [7, 11) is 0. The molecule has 0 aliphatic carbocycles. The van der Waals surface area contributed by atoms with E-state index >= 15 is 0 Å². The van der Waals surface area contributed by atoms with Crippen molar-refractivity contribution >= 4 is 0 Å². The molecule has 1 fully saturated rings. The Morgan fingerprint density at radius 1 is 1.59 bits per heavy atom. The minimum atomic E-state index is 0.363. The minimum absolute atomic E-state index is 0.363. The molecule has 0 radical (unpaired) electrons. The van der Waals surface area contributed by atoms with Gasteiger partial charge in [-0.25, -0.2) is 4.98 Å². The quantitative estimate of drug-likeness (QED) is 0.822. The summed E-state index contributed by atoms with van der Waals surface area (Å²) in [5, 5.41) is 3.55. The summed E-state index contributed by atoms with van der Waals surface area (Å²) in [6, 6.07) is 0.363. The summed E-state index contributed by atoms with van der Waals surface area (Å²) in [4.78, 5) is 4.51. The first-order valence-electron chi connectivity index (χ1n) is 6.67. The van der Waals surface area contributed by atoms with Crippen LogP contribution in [-0.4, -0.2) is 29.3 Å². The number of nitrogens with zero attached hydrogens (tertiary/aromatic N) is 2. The number of nitrogens with one attached hydrogen (secondary N) is 1. The zero-order valence-electron chi connectivity index (χ0n) is 10.9. The second-order valence-corrected chi connectivity index (χ2v) is 4.65. The van der Waals surface area contributed by atoms with E-state index in [2.05, 4.69) is 34.9 Å². The molecule has 2 unspecified atom stereocenters. The van der Waals surface area contributed by atoms with Gasteiger partial charge in [0.1, 0.15) is 5.82 Å². The lowest BCUT2D eigenvalue weighted by atomic mass is 9.98. The Hall–Kier alpha value is -0.870. The van der Waals surface area contributed by atoms with Crippen molar-refractivity contribution in [3.63, 3.8) is 0 Å². The van der Waals surface area contributed by atoms with E-state index in [1.165, 1.54) is 12.2 Å². The third kappa shape index (κ3) is 3.07. The zero-order valence-corrected chi connectivity index (χ0v) is 10.9. The average Bonchev–Trinajstić information content (AvgIpc) is 2.98. The molecule has 0 aromatic carbocycles. The number of rotatable bonds is 6. The van der Waals surface area contributed by atoms with Crippen molar-refractivity contribution in [1.82, 2.24) is 14.9 Å². The molecule has 1 aromatic rings. The third-order valence-electron chi connectivity index (χ3n) is 3.44. The van der Waals surface area contributed by atoms with Crippen molar-refractivity contribution in [2.45, 2.75) is 39.3 Å². The molecule has 17 heavy (non-hydrogen) atoms. The van der Waals surface area contributed by atoms with Crippen molar-refractivity contribution in [1.29, 1.82) is 0 Å². The number of hydrogen-bond donors (Lipinski definition) is 1. The largest absolute Gasteiger partial charge is 0.381 e. The lowest BCUT2D eigenvalue weighted by Crippen LogP contribution is -2.26. The molecule has 96 valence electrons. The Bertz CT molecular complexity index is 331. The standard InChI is InChI=1S/C13H23N3O/c1-3-14-12(9-11-5-8-17-10-11)13-15-6-7-16(13)4-2/h6-7,11-12,14H,3-5,8-10H2,1-2H3. The summed E-state index contributed by atoms with van der Waals surface area (Å²) < 4.78 is 7.68. The Balaban J connectivity index is 2.04. The summed E-state index contributed by atoms with van der Waals surface area (Å²) in [6.45, 7) is 8.11. The number of ether oxygens (including phenoxy) is 1. The number of imidazole rings is 1. The van der Waals surface area contributed by atoms with Crippen LogP contribution >= 0.6 is 0 Å². The Labute approximate surface area is 103 Å². The fourth-order valence-corrected chi connectivity index (χ4v) is 2.53. The predicted molar refractivity (Wildman–Crippen MR) is 67.9 cm³/mol. The van der Waals surface area contributed by atoms with E-state index in [9.17, 15) is 0 Å². The molecule has 4 nitrogen and oxygen atoms in total. The first-order chi connectivity index (χ1) is 8.35. The van der Waals surface area contributed by atoms with Crippen LogP contribution in [0.4, 0.5) is 0 Å². The van der Waals surface area contributed by atoms with E-state index in [0.717, 1.165) is 32.7 Å². The molecular formula is C13H23N3O. The molecule has 2 rings (SSSR count). The molecule has 0 amide bonds. The van der Waals surface area contributed by atoms with E-state index in [1.54, 1.807) is 0 Å². The molecule has 1 saturated heterocycles. The fraction of sp³-hybridized carbons (Fsp3) is 0.769. The topological polar surface area (TPSA) is 39.1 Å². The van der Waals surface area contributed by atoms with Crippen LogP contribution in [0.2, 0.25) is 0 Å². The monoisotopic (exact) mass is 237 g/mol. The molecule has 4 heteroatoms. The van der Waals surface area contributed by atoms with Crippen LogP contribution in [0.5, 0.6) is 0 Å². The van der Waals surface area contributed by atoms with E-state index < -0.39 is 0 Å². The highest BCUT2D eigenvalue weighted by atomic mass is 16.5. The maximum absolute atomic E-state index is 5.46. The predicted octanol–water partition coefficient (Wildman–Crippen LogP) is 1.98. The second kappa shape index (κ2) is 6.17. The van der Waals surface area contributed by atoms with E-state index in [4.69, 9.17) is 4.74 Å². The fourth-order valence-electron chi connectivity index (χ4n) is 2.53. The molecule has 1 N–H and O–H groups in total. The molecule has 1 aliphatic rings. The van der Waals surface area contributed by atoms with Gasteiger partial charge in [-0.2, -0.15) is 0 Å². The maximum atomic E-state index is 5.46. The highest BCUT2D eigenvalue weighted by Crippen LogP contribution is 2.25. The van der Waals surface area contributed by atoms with Crippen molar-refractivity contribution in [3.8, 4) is 0 Å². The van der Waals surface area contributed by atoms with Crippen LogP contribution in [0.15, 0.2) is 12.4 Å². The van der Waals surface area contributed by atoms with Gasteiger partial charge in [0.15, 0.2) is 0 Å². The van der Waals surface area contributed by atoms with Gasteiger partial charge in [0.25, 0.3) is 0 Å². The molecule has 2 heterocycles. The van der Waals surface area contributed by atoms with Gasteiger partial charge in [0.2, 0.25) is 0 Å². The summed E-state index contributed by atoms with van der Waals surface area (Å²) in [6.07, 6.45) is 6.28. The van der Waals surface area contributed by atoms with E-state index in [0.29, 0.717) is 12.0 Å². The van der Waals surface area contributed by atoms with Gasteiger partial charge < -0.3 is 14.6 Å². The van der Waals surface area contributed by atoms with Crippen LogP contribution in [0.1, 0.15) is 38.6 Å². The van der Waals surface area contributed by atoms with Gasteiger partial charge in [0, 0.05) is 32.2 Å². The normalized spacial score (nSPS) is 21.9. The summed E-state index contributed by atoms with van der Waals surface area (Å²) in [5.41, 5.74) is 0. The van der Waals surface area contributed by atoms with E-state index in [1.807, 2.05) is 6.20 Å². The van der Waals surface area contributed by atoms with Crippen molar-refractivity contribution in [2.24, 2.45) is 5.92 Å². The van der Waals surface area contributed by atoms with Gasteiger partial charge in [-0.1, -0.05) is 6.92 Å². The molecular weight excluding hydrogens is 214 g/mol. The SMILES string of the molecule is CCNC(CC1CCOC1)c1nccn1CC.